The van der Waals surface area contributed by atoms with Crippen LogP contribution in [0.1, 0.15) is 27.5 Å². The summed E-state index contributed by atoms with van der Waals surface area (Å²) in [7, 11) is 0. The van der Waals surface area contributed by atoms with Crippen LogP contribution in [0.3, 0.4) is 0 Å². The van der Waals surface area contributed by atoms with E-state index in [0.29, 0.717) is 24.2 Å². The standard InChI is InChI=1S/C22H18FNO3/c23-19-10-6-18(7-11-19)22(26)24-21(14-25)17-8-12-20(13-9-17)27-15-16-4-2-1-3-5-16/h1-14,21H,15H2,(H,24,26). The van der Waals surface area contributed by atoms with Crippen molar-refractivity contribution >= 4 is 12.2 Å². The number of hydrogen-bond donors (Lipinski definition) is 1. The molecule has 0 heterocycles. The van der Waals surface area contributed by atoms with Crippen molar-refractivity contribution in [2.45, 2.75) is 12.6 Å². The Morgan fingerprint density at radius 1 is 0.963 bits per heavy atom. The minimum absolute atomic E-state index is 0.283. The monoisotopic (exact) mass is 363 g/mol. The van der Waals surface area contributed by atoms with Gasteiger partial charge < -0.3 is 14.8 Å². The summed E-state index contributed by atoms with van der Waals surface area (Å²) in [6, 6.07) is 21.1. The van der Waals surface area contributed by atoms with Crippen molar-refractivity contribution in [1.29, 1.82) is 0 Å². The third-order valence-electron chi connectivity index (χ3n) is 4.02. The molecule has 0 saturated carbocycles. The number of carbonyl (C=O) groups excluding carboxylic acids is 2. The fourth-order valence-corrected chi connectivity index (χ4v) is 2.53. The van der Waals surface area contributed by atoms with E-state index < -0.39 is 17.8 Å². The molecule has 3 aromatic rings. The number of halogens is 1. The number of amides is 1. The number of ether oxygens (including phenoxy) is 1. The molecule has 3 aromatic carbocycles. The van der Waals surface area contributed by atoms with Gasteiger partial charge in [0.05, 0.1) is 0 Å². The summed E-state index contributed by atoms with van der Waals surface area (Å²) in [6.07, 6.45) is 0.654. The SMILES string of the molecule is O=CC(NC(=O)c1ccc(F)cc1)c1ccc(OCc2ccccc2)cc1. The lowest BCUT2D eigenvalue weighted by molar-refractivity contribution is -0.109. The van der Waals surface area contributed by atoms with Crippen molar-refractivity contribution in [3.05, 3.63) is 101 Å². The highest BCUT2D eigenvalue weighted by atomic mass is 19.1. The van der Waals surface area contributed by atoms with E-state index in [1.807, 2.05) is 30.3 Å². The summed E-state index contributed by atoms with van der Waals surface area (Å²) >= 11 is 0. The second-order valence-electron chi connectivity index (χ2n) is 5.94. The predicted octanol–water partition coefficient (Wildman–Crippen LogP) is 4.07. The number of carbonyl (C=O) groups is 2. The Morgan fingerprint density at radius 2 is 1.63 bits per heavy atom. The molecule has 0 spiro atoms. The molecule has 0 saturated heterocycles. The lowest BCUT2D eigenvalue weighted by Gasteiger charge is -2.14. The quantitative estimate of drug-likeness (QED) is 0.644. The zero-order chi connectivity index (χ0) is 19.1. The fraction of sp³-hybridized carbons (Fsp3) is 0.0909. The van der Waals surface area contributed by atoms with Gasteiger partial charge in [-0.3, -0.25) is 4.79 Å². The van der Waals surface area contributed by atoms with Gasteiger partial charge in [0.2, 0.25) is 0 Å². The van der Waals surface area contributed by atoms with Crippen LogP contribution < -0.4 is 10.1 Å². The minimum Gasteiger partial charge on any atom is -0.489 e. The molecule has 1 unspecified atom stereocenters. The van der Waals surface area contributed by atoms with Crippen LogP contribution in [-0.2, 0) is 11.4 Å². The number of rotatable bonds is 7. The molecule has 1 N–H and O–H groups in total. The summed E-state index contributed by atoms with van der Waals surface area (Å²) < 4.78 is 18.7. The van der Waals surface area contributed by atoms with Gasteiger partial charge in [-0.05, 0) is 47.5 Å². The number of benzene rings is 3. The van der Waals surface area contributed by atoms with Crippen LogP contribution in [0.2, 0.25) is 0 Å². The topological polar surface area (TPSA) is 55.4 Å². The van der Waals surface area contributed by atoms with E-state index in [0.717, 1.165) is 5.56 Å². The normalized spacial score (nSPS) is 11.4. The highest BCUT2D eigenvalue weighted by Gasteiger charge is 2.15. The first-order chi connectivity index (χ1) is 13.2. The molecule has 0 fully saturated rings. The average Bonchev–Trinajstić information content (AvgIpc) is 2.72. The van der Waals surface area contributed by atoms with Gasteiger partial charge in [-0.25, -0.2) is 4.39 Å². The number of nitrogens with one attached hydrogen (secondary N) is 1. The third kappa shape index (κ3) is 5.01. The Morgan fingerprint density at radius 3 is 2.26 bits per heavy atom. The molecule has 0 radical (unpaired) electrons. The molecule has 136 valence electrons. The predicted molar refractivity (Wildman–Crippen MR) is 99.9 cm³/mol. The summed E-state index contributed by atoms with van der Waals surface area (Å²) in [5.41, 5.74) is 1.97. The van der Waals surface area contributed by atoms with Crippen molar-refractivity contribution in [1.82, 2.24) is 5.32 Å². The fourth-order valence-electron chi connectivity index (χ4n) is 2.53. The molecule has 0 aliphatic carbocycles. The molecule has 3 rings (SSSR count). The lowest BCUT2D eigenvalue weighted by atomic mass is 10.1. The molecular formula is C22H18FNO3. The number of hydrogen-bond acceptors (Lipinski definition) is 3. The first-order valence-corrected chi connectivity index (χ1v) is 8.44. The summed E-state index contributed by atoms with van der Waals surface area (Å²) in [4.78, 5) is 23.6. The van der Waals surface area contributed by atoms with Gasteiger partial charge in [0.1, 0.15) is 30.5 Å². The van der Waals surface area contributed by atoms with Crippen molar-refractivity contribution in [3.8, 4) is 5.75 Å². The molecule has 0 aliphatic rings. The maximum atomic E-state index is 13.0. The van der Waals surface area contributed by atoms with E-state index in [9.17, 15) is 14.0 Å². The van der Waals surface area contributed by atoms with Crippen LogP contribution in [0.25, 0.3) is 0 Å². The largest absolute Gasteiger partial charge is 0.489 e. The molecule has 4 nitrogen and oxygen atoms in total. The zero-order valence-electron chi connectivity index (χ0n) is 14.5. The second-order valence-corrected chi connectivity index (χ2v) is 5.94. The van der Waals surface area contributed by atoms with E-state index in [2.05, 4.69) is 5.32 Å². The maximum absolute atomic E-state index is 13.0. The average molecular weight is 363 g/mol. The van der Waals surface area contributed by atoms with E-state index in [4.69, 9.17) is 4.74 Å². The molecule has 1 amide bonds. The van der Waals surface area contributed by atoms with Crippen LogP contribution >= 0.6 is 0 Å². The van der Waals surface area contributed by atoms with Gasteiger partial charge in [0.15, 0.2) is 0 Å². The van der Waals surface area contributed by atoms with E-state index in [1.54, 1.807) is 24.3 Å². The Bertz CT molecular complexity index is 893. The van der Waals surface area contributed by atoms with Gasteiger partial charge in [-0.15, -0.1) is 0 Å². The Kier molecular flexibility index (Phi) is 5.94. The van der Waals surface area contributed by atoms with E-state index in [-0.39, 0.29) is 5.56 Å². The molecule has 0 bridgehead atoms. The number of aldehydes is 1. The highest BCUT2D eigenvalue weighted by Crippen LogP contribution is 2.18. The summed E-state index contributed by atoms with van der Waals surface area (Å²) in [6.45, 7) is 0.443. The highest BCUT2D eigenvalue weighted by molar-refractivity contribution is 5.95. The molecule has 27 heavy (non-hydrogen) atoms. The van der Waals surface area contributed by atoms with Gasteiger partial charge in [-0.2, -0.15) is 0 Å². The Labute approximate surface area is 156 Å². The molecular weight excluding hydrogens is 345 g/mol. The van der Waals surface area contributed by atoms with Crippen LogP contribution in [-0.4, -0.2) is 12.2 Å². The maximum Gasteiger partial charge on any atom is 0.252 e. The van der Waals surface area contributed by atoms with Crippen LogP contribution in [0.5, 0.6) is 5.75 Å². The second kappa shape index (κ2) is 8.76. The Balaban J connectivity index is 1.62. The Hall–Kier alpha value is -3.47. The van der Waals surface area contributed by atoms with Gasteiger partial charge >= 0.3 is 0 Å². The summed E-state index contributed by atoms with van der Waals surface area (Å²) in [5.74, 6) is -0.210. The molecule has 5 heteroatoms. The summed E-state index contributed by atoms with van der Waals surface area (Å²) in [5, 5.41) is 2.63. The van der Waals surface area contributed by atoms with E-state index >= 15 is 0 Å². The van der Waals surface area contributed by atoms with Gasteiger partial charge in [0, 0.05) is 5.56 Å². The molecule has 0 aliphatic heterocycles. The van der Waals surface area contributed by atoms with Crippen molar-refractivity contribution < 1.29 is 18.7 Å². The smallest absolute Gasteiger partial charge is 0.252 e. The molecule has 0 aromatic heterocycles. The van der Waals surface area contributed by atoms with Gasteiger partial charge in [-0.1, -0.05) is 42.5 Å². The molecule has 1 atom stereocenters. The van der Waals surface area contributed by atoms with Crippen molar-refractivity contribution in [3.63, 3.8) is 0 Å². The lowest BCUT2D eigenvalue weighted by Crippen LogP contribution is -2.29. The van der Waals surface area contributed by atoms with Crippen LogP contribution in [0.4, 0.5) is 4.39 Å². The van der Waals surface area contributed by atoms with Crippen molar-refractivity contribution in [2.24, 2.45) is 0 Å². The first-order valence-electron chi connectivity index (χ1n) is 8.44. The van der Waals surface area contributed by atoms with Gasteiger partial charge in [0.25, 0.3) is 5.91 Å². The van der Waals surface area contributed by atoms with E-state index in [1.165, 1.54) is 24.3 Å². The van der Waals surface area contributed by atoms with Crippen LogP contribution in [0.15, 0.2) is 78.9 Å². The third-order valence-corrected chi connectivity index (χ3v) is 4.02. The minimum atomic E-state index is -0.800. The van der Waals surface area contributed by atoms with Crippen LogP contribution in [0, 0.1) is 5.82 Å². The first kappa shape index (κ1) is 18.3. The zero-order valence-corrected chi connectivity index (χ0v) is 14.5. The van der Waals surface area contributed by atoms with Crippen molar-refractivity contribution in [2.75, 3.05) is 0 Å².